The van der Waals surface area contributed by atoms with E-state index in [2.05, 4.69) is 32.6 Å². The maximum atomic E-state index is 12.5. The minimum atomic E-state index is -0.539. The van der Waals surface area contributed by atoms with E-state index in [1.54, 1.807) is 0 Å². The van der Waals surface area contributed by atoms with Gasteiger partial charge < -0.3 is 19.1 Å². The van der Waals surface area contributed by atoms with Crippen molar-refractivity contribution in [2.75, 3.05) is 32.8 Å². The molecule has 1 aliphatic rings. The van der Waals surface area contributed by atoms with Gasteiger partial charge in [0.05, 0.1) is 13.2 Å². The second-order valence-corrected chi connectivity index (χ2v) is 12.2. The van der Waals surface area contributed by atoms with Gasteiger partial charge in [-0.15, -0.1) is 0 Å². The molecular formula is C33H63NO5. The number of nitrogens with zero attached hydrogens (tertiary/aromatic N) is 1. The average molecular weight is 554 g/mol. The molecule has 0 aromatic heterocycles. The highest BCUT2D eigenvalue weighted by atomic mass is 16.7. The van der Waals surface area contributed by atoms with Gasteiger partial charge >= 0.3 is 12.1 Å². The van der Waals surface area contributed by atoms with Crippen LogP contribution in [0.15, 0.2) is 0 Å². The molecule has 0 radical (unpaired) electrons. The lowest BCUT2D eigenvalue weighted by atomic mass is 9.99. The summed E-state index contributed by atoms with van der Waals surface area (Å²) in [5.41, 5.74) is 0. The SMILES string of the molecule is CCCCCCCCCCCCC(CCCOC(=O)CCCCC(C)C)OC(=O)OCC1CCCN(CC)C1. The largest absolute Gasteiger partial charge is 0.508 e. The molecule has 0 saturated carbocycles. The first-order valence-electron chi connectivity index (χ1n) is 16.7. The molecule has 0 spiro atoms. The lowest BCUT2D eigenvalue weighted by Crippen LogP contribution is -2.37. The number of rotatable bonds is 24. The lowest BCUT2D eigenvalue weighted by molar-refractivity contribution is -0.144. The maximum Gasteiger partial charge on any atom is 0.508 e. The second-order valence-electron chi connectivity index (χ2n) is 12.2. The molecule has 2 atom stereocenters. The smallest absolute Gasteiger partial charge is 0.466 e. The summed E-state index contributed by atoms with van der Waals surface area (Å²) in [5.74, 6) is 0.958. The van der Waals surface area contributed by atoms with Crippen LogP contribution in [0.1, 0.15) is 150 Å². The molecule has 0 aromatic rings. The fourth-order valence-electron chi connectivity index (χ4n) is 5.44. The minimum Gasteiger partial charge on any atom is -0.466 e. The highest BCUT2D eigenvalue weighted by Crippen LogP contribution is 2.19. The Hall–Kier alpha value is -1.30. The molecule has 39 heavy (non-hydrogen) atoms. The van der Waals surface area contributed by atoms with Crippen LogP contribution in [0.4, 0.5) is 4.79 Å². The van der Waals surface area contributed by atoms with Gasteiger partial charge in [0.2, 0.25) is 0 Å². The van der Waals surface area contributed by atoms with Crippen LogP contribution in [0, 0.1) is 11.8 Å². The molecule has 1 aliphatic heterocycles. The van der Waals surface area contributed by atoms with Gasteiger partial charge in [0.15, 0.2) is 0 Å². The van der Waals surface area contributed by atoms with Crippen molar-refractivity contribution < 1.29 is 23.8 Å². The number of piperidine rings is 1. The third-order valence-corrected chi connectivity index (χ3v) is 7.98. The molecule has 6 nitrogen and oxygen atoms in total. The van der Waals surface area contributed by atoms with Crippen LogP contribution < -0.4 is 0 Å². The molecule has 0 N–H and O–H groups in total. The summed E-state index contributed by atoms with van der Waals surface area (Å²) >= 11 is 0. The van der Waals surface area contributed by atoms with Gasteiger partial charge in [-0.25, -0.2) is 4.79 Å². The number of carbonyl (C=O) groups excluding carboxylic acids is 2. The molecule has 6 heteroatoms. The van der Waals surface area contributed by atoms with Crippen LogP contribution in [0.2, 0.25) is 0 Å². The summed E-state index contributed by atoms with van der Waals surface area (Å²) in [6.45, 7) is 12.9. The first kappa shape index (κ1) is 35.7. The Labute approximate surface area is 241 Å². The van der Waals surface area contributed by atoms with Crippen molar-refractivity contribution in [2.45, 2.75) is 156 Å². The van der Waals surface area contributed by atoms with Gasteiger partial charge in [-0.2, -0.15) is 0 Å². The molecule has 1 rings (SSSR count). The van der Waals surface area contributed by atoms with Crippen molar-refractivity contribution >= 4 is 12.1 Å². The minimum absolute atomic E-state index is 0.112. The molecule has 1 saturated heterocycles. The van der Waals surface area contributed by atoms with Crippen molar-refractivity contribution in [2.24, 2.45) is 11.8 Å². The van der Waals surface area contributed by atoms with E-state index >= 15 is 0 Å². The summed E-state index contributed by atoms with van der Waals surface area (Å²) in [6, 6.07) is 0. The van der Waals surface area contributed by atoms with Crippen LogP contribution in [0.25, 0.3) is 0 Å². The highest BCUT2D eigenvalue weighted by Gasteiger charge is 2.22. The molecule has 1 heterocycles. The number of unbranched alkanes of at least 4 members (excludes halogenated alkanes) is 10. The Morgan fingerprint density at radius 2 is 1.44 bits per heavy atom. The van der Waals surface area contributed by atoms with Crippen LogP contribution in [-0.4, -0.2) is 56.0 Å². The predicted molar refractivity (Wildman–Crippen MR) is 161 cm³/mol. The number of ether oxygens (including phenoxy) is 3. The van der Waals surface area contributed by atoms with Crippen LogP contribution >= 0.6 is 0 Å². The van der Waals surface area contributed by atoms with Crippen molar-refractivity contribution in [3.05, 3.63) is 0 Å². The van der Waals surface area contributed by atoms with Gasteiger partial charge in [-0.3, -0.25) is 4.79 Å². The molecule has 2 unspecified atom stereocenters. The van der Waals surface area contributed by atoms with Crippen molar-refractivity contribution in [1.29, 1.82) is 0 Å². The van der Waals surface area contributed by atoms with Gasteiger partial charge in [-0.05, 0) is 64.0 Å². The summed E-state index contributed by atoms with van der Waals surface area (Å²) in [5, 5.41) is 0. The fourth-order valence-corrected chi connectivity index (χ4v) is 5.44. The van der Waals surface area contributed by atoms with Crippen LogP contribution in [0.3, 0.4) is 0 Å². The normalized spacial score (nSPS) is 16.8. The molecule has 0 aliphatic carbocycles. The first-order valence-corrected chi connectivity index (χ1v) is 16.7. The van der Waals surface area contributed by atoms with Crippen LogP contribution in [0.5, 0.6) is 0 Å². The molecule has 0 amide bonds. The van der Waals surface area contributed by atoms with Gasteiger partial charge in [0.25, 0.3) is 0 Å². The van der Waals surface area contributed by atoms with Crippen LogP contribution in [-0.2, 0) is 19.0 Å². The Morgan fingerprint density at radius 1 is 0.795 bits per heavy atom. The van der Waals surface area contributed by atoms with E-state index in [0.717, 1.165) is 64.6 Å². The Bertz CT molecular complexity index is 597. The van der Waals surface area contributed by atoms with Crippen molar-refractivity contribution in [1.82, 2.24) is 4.90 Å². The summed E-state index contributed by atoms with van der Waals surface area (Å²) in [4.78, 5) is 27.0. The molecule has 0 aromatic carbocycles. The van der Waals surface area contributed by atoms with E-state index < -0.39 is 6.16 Å². The molecule has 1 fully saturated rings. The standard InChI is InChI=1S/C33H63NO5/c1-5-7-8-9-10-11-12-13-14-15-22-31(23-19-26-37-32(35)24-17-16-20-29(3)4)39-33(36)38-28-30-21-18-25-34(6-2)27-30/h29-31H,5-28H2,1-4H3. The zero-order valence-electron chi connectivity index (χ0n) is 26.2. The number of carbonyl (C=O) groups is 2. The summed E-state index contributed by atoms with van der Waals surface area (Å²) < 4.78 is 16.8. The van der Waals surface area contributed by atoms with E-state index in [-0.39, 0.29) is 12.1 Å². The monoisotopic (exact) mass is 553 g/mol. The molecular weight excluding hydrogens is 490 g/mol. The number of esters is 1. The summed E-state index contributed by atoms with van der Waals surface area (Å²) in [7, 11) is 0. The molecule has 0 bridgehead atoms. The number of likely N-dealkylation sites (tertiary alicyclic amines) is 1. The maximum absolute atomic E-state index is 12.5. The van der Waals surface area contributed by atoms with E-state index in [1.165, 1.54) is 57.8 Å². The lowest BCUT2D eigenvalue weighted by Gasteiger charge is -2.31. The Kier molecular flexibility index (Phi) is 22.4. The third-order valence-electron chi connectivity index (χ3n) is 7.98. The fraction of sp³-hybridized carbons (Fsp3) is 0.939. The number of hydrogen-bond donors (Lipinski definition) is 0. The first-order chi connectivity index (χ1) is 18.9. The van der Waals surface area contributed by atoms with E-state index in [1.807, 2.05) is 0 Å². The molecule has 230 valence electrons. The van der Waals surface area contributed by atoms with E-state index in [9.17, 15) is 9.59 Å². The Morgan fingerprint density at radius 3 is 2.10 bits per heavy atom. The zero-order chi connectivity index (χ0) is 28.6. The van der Waals surface area contributed by atoms with E-state index in [4.69, 9.17) is 14.2 Å². The third kappa shape index (κ3) is 21.2. The number of hydrogen-bond acceptors (Lipinski definition) is 6. The predicted octanol–water partition coefficient (Wildman–Crippen LogP) is 9.09. The second kappa shape index (κ2) is 24.5. The van der Waals surface area contributed by atoms with Crippen molar-refractivity contribution in [3.8, 4) is 0 Å². The van der Waals surface area contributed by atoms with Gasteiger partial charge in [0, 0.05) is 18.9 Å². The topological polar surface area (TPSA) is 65.1 Å². The zero-order valence-corrected chi connectivity index (χ0v) is 26.2. The Balaban J connectivity index is 2.31. The highest BCUT2D eigenvalue weighted by molar-refractivity contribution is 5.69. The van der Waals surface area contributed by atoms with Gasteiger partial charge in [0.1, 0.15) is 6.10 Å². The van der Waals surface area contributed by atoms with Gasteiger partial charge in [-0.1, -0.05) is 98.3 Å². The quantitative estimate of drug-likeness (QED) is 0.0877. The average Bonchev–Trinajstić information content (AvgIpc) is 2.93. The summed E-state index contributed by atoms with van der Waals surface area (Å²) in [6.07, 6.45) is 20.3. The van der Waals surface area contributed by atoms with Crippen molar-refractivity contribution in [3.63, 3.8) is 0 Å². The van der Waals surface area contributed by atoms with E-state index in [0.29, 0.717) is 44.3 Å².